The Kier molecular flexibility index (Phi) is 6.04. The number of hydrogen-bond acceptors (Lipinski definition) is 3. The highest BCUT2D eigenvalue weighted by atomic mass is 19.1. The lowest BCUT2D eigenvalue weighted by Gasteiger charge is -2.35. The number of piperidine rings is 1. The topological polar surface area (TPSA) is 66.8 Å². The minimum Gasteiger partial charge on any atom is -0.481 e. The molecule has 2 aliphatic heterocycles. The van der Waals surface area contributed by atoms with E-state index in [9.17, 15) is 19.1 Å². The number of halogens is 1. The number of aliphatic carboxylic acids is 1. The van der Waals surface area contributed by atoms with E-state index in [0.29, 0.717) is 32.5 Å². The number of benzene rings is 1. The van der Waals surface area contributed by atoms with Crippen molar-refractivity contribution in [3.63, 3.8) is 0 Å². The molecule has 0 spiro atoms. The highest BCUT2D eigenvalue weighted by molar-refractivity contribution is 5.78. The number of carboxylic acids is 1. The van der Waals surface area contributed by atoms with E-state index in [-0.39, 0.29) is 23.7 Å². The first-order valence-corrected chi connectivity index (χ1v) is 9.09. The molecule has 2 atom stereocenters. The number of likely N-dealkylation sites (tertiary alicyclic amines) is 1. The summed E-state index contributed by atoms with van der Waals surface area (Å²) < 4.78 is 18.5. The molecule has 26 heavy (non-hydrogen) atoms. The number of amides is 1. The van der Waals surface area contributed by atoms with Gasteiger partial charge in [-0.2, -0.15) is 0 Å². The summed E-state index contributed by atoms with van der Waals surface area (Å²) in [6.07, 6.45) is 5.83. The Hall–Kier alpha value is -2.21. The van der Waals surface area contributed by atoms with Crippen molar-refractivity contribution in [2.24, 2.45) is 11.8 Å². The lowest BCUT2D eigenvalue weighted by molar-refractivity contribution is -0.145. The van der Waals surface area contributed by atoms with E-state index in [0.717, 1.165) is 18.4 Å². The van der Waals surface area contributed by atoms with Gasteiger partial charge in [0, 0.05) is 26.1 Å². The van der Waals surface area contributed by atoms with E-state index in [4.69, 9.17) is 4.74 Å². The molecular formula is C20H24FNO4. The van der Waals surface area contributed by atoms with Gasteiger partial charge in [0.05, 0.1) is 12.0 Å². The second-order valence-corrected chi connectivity index (χ2v) is 6.95. The summed E-state index contributed by atoms with van der Waals surface area (Å²) in [5, 5.41) is 9.29. The molecule has 1 unspecified atom stereocenters. The number of nitrogens with zero attached hydrogens (tertiary/aromatic N) is 1. The molecule has 2 aliphatic rings. The number of hydrogen-bond donors (Lipinski definition) is 1. The van der Waals surface area contributed by atoms with Crippen LogP contribution in [0.4, 0.5) is 4.39 Å². The van der Waals surface area contributed by atoms with Crippen LogP contribution in [0.25, 0.3) is 6.08 Å². The van der Waals surface area contributed by atoms with Crippen LogP contribution < -0.4 is 0 Å². The van der Waals surface area contributed by atoms with Gasteiger partial charge < -0.3 is 14.7 Å². The zero-order chi connectivity index (χ0) is 18.5. The molecule has 1 aromatic rings. The van der Waals surface area contributed by atoms with E-state index in [1.165, 1.54) is 12.1 Å². The van der Waals surface area contributed by atoms with Gasteiger partial charge in [-0.3, -0.25) is 9.59 Å². The summed E-state index contributed by atoms with van der Waals surface area (Å²) in [5.41, 5.74) is 0.857. The van der Waals surface area contributed by atoms with E-state index in [1.807, 2.05) is 11.0 Å². The zero-order valence-electron chi connectivity index (χ0n) is 14.6. The smallest absolute Gasteiger partial charge is 0.309 e. The first-order valence-electron chi connectivity index (χ1n) is 9.09. The van der Waals surface area contributed by atoms with Crippen molar-refractivity contribution in [2.75, 3.05) is 19.7 Å². The fourth-order valence-corrected chi connectivity index (χ4v) is 3.82. The first kappa shape index (κ1) is 18.6. The molecule has 5 nitrogen and oxygen atoms in total. The fourth-order valence-electron chi connectivity index (χ4n) is 3.82. The highest BCUT2D eigenvalue weighted by Gasteiger charge is 2.40. The molecule has 0 aliphatic carbocycles. The Morgan fingerprint density at radius 2 is 1.88 bits per heavy atom. The van der Waals surface area contributed by atoms with Crippen molar-refractivity contribution >= 4 is 18.0 Å². The van der Waals surface area contributed by atoms with Gasteiger partial charge in [-0.05, 0) is 42.9 Å². The number of rotatable bonds is 5. The third-order valence-corrected chi connectivity index (χ3v) is 5.28. The van der Waals surface area contributed by atoms with Crippen LogP contribution in [0.5, 0.6) is 0 Å². The van der Waals surface area contributed by atoms with Gasteiger partial charge in [-0.1, -0.05) is 24.3 Å². The fraction of sp³-hybridized carbons (Fsp3) is 0.500. The van der Waals surface area contributed by atoms with Crippen molar-refractivity contribution in [3.05, 3.63) is 41.7 Å². The number of carbonyl (C=O) groups is 2. The van der Waals surface area contributed by atoms with Crippen LogP contribution in [0.15, 0.2) is 30.3 Å². The molecule has 2 saturated heterocycles. The quantitative estimate of drug-likeness (QED) is 0.876. The Bertz CT molecular complexity index is 665. The monoisotopic (exact) mass is 361 g/mol. The van der Waals surface area contributed by atoms with E-state index in [1.54, 1.807) is 18.2 Å². The second kappa shape index (κ2) is 8.45. The van der Waals surface area contributed by atoms with Crippen LogP contribution in [0.2, 0.25) is 0 Å². The maximum Gasteiger partial charge on any atom is 0.309 e. The number of ether oxygens (including phenoxy) is 1. The van der Waals surface area contributed by atoms with Crippen molar-refractivity contribution in [1.82, 2.24) is 4.90 Å². The normalized spacial score (nSPS) is 24.3. The summed E-state index contributed by atoms with van der Waals surface area (Å²) in [7, 11) is 0. The maximum atomic E-state index is 12.9. The predicted molar refractivity (Wildman–Crippen MR) is 94.8 cm³/mol. The molecule has 0 saturated carbocycles. The summed E-state index contributed by atoms with van der Waals surface area (Å²) in [5.74, 6) is -1.21. The molecule has 1 amide bonds. The van der Waals surface area contributed by atoms with Crippen LogP contribution >= 0.6 is 0 Å². The summed E-state index contributed by atoms with van der Waals surface area (Å²) in [4.78, 5) is 25.5. The third-order valence-electron chi connectivity index (χ3n) is 5.28. The second-order valence-electron chi connectivity index (χ2n) is 6.95. The van der Waals surface area contributed by atoms with Crippen LogP contribution in [0, 0.1) is 17.7 Å². The molecule has 140 valence electrons. The van der Waals surface area contributed by atoms with Crippen molar-refractivity contribution < 1.29 is 23.8 Å². The van der Waals surface area contributed by atoms with Gasteiger partial charge in [0.1, 0.15) is 5.82 Å². The average Bonchev–Trinajstić information content (AvgIpc) is 3.13. The summed E-state index contributed by atoms with van der Waals surface area (Å²) in [6.45, 7) is 1.79. The molecule has 0 bridgehead atoms. The Morgan fingerprint density at radius 3 is 2.54 bits per heavy atom. The molecule has 2 fully saturated rings. The number of carbonyl (C=O) groups excluding carboxylic acids is 1. The van der Waals surface area contributed by atoms with Gasteiger partial charge >= 0.3 is 5.97 Å². The lowest BCUT2D eigenvalue weighted by atomic mass is 9.84. The molecule has 0 aromatic heterocycles. The largest absolute Gasteiger partial charge is 0.481 e. The Morgan fingerprint density at radius 1 is 1.19 bits per heavy atom. The molecule has 6 heteroatoms. The van der Waals surface area contributed by atoms with Gasteiger partial charge in [0.15, 0.2) is 0 Å². The minimum atomic E-state index is -0.781. The van der Waals surface area contributed by atoms with Gasteiger partial charge in [-0.25, -0.2) is 4.39 Å². The minimum absolute atomic E-state index is 0.0592. The van der Waals surface area contributed by atoms with E-state index in [2.05, 4.69) is 0 Å². The SMILES string of the molecule is O=C(O)C1CCO[C@H]1C1CCN(C(=O)C/C=C/c2ccc(F)cc2)CC1. The van der Waals surface area contributed by atoms with Crippen LogP contribution in [-0.2, 0) is 14.3 Å². The third kappa shape index (κ3) is 4.49. The van der Waals surface area contributed by atoms with Crippen LogP contribution in [0.1, 0.15) is 31.2 Å². The maximum absolute atomic E-state index is 12.9. The van der Waals surface area contributed by atoms with Gasteiger partial charge in [-0.15, -0.1) is 0 Å². The molecule has 0 radical (unpaired) electrons. The van der Waals surface area contributed by atoms with Crippen molar-refractivity contribution in [3.8, 4) is 0 Å². The molecule has 2 heterocycles. The van der Waals surface area contributed by atoms with Crippen LogP contribution in [-0.4, -0.2) is 47.7 Å². The first-order chi connectivity index (χ1) is 12.5. The average molecular weight is 361 g/mol. The standard InChI is InChI=1S/C20H24FNO4/c21-16-6-4-14(5-7-16)2-1-3-18(23)22-11-8-15(9-12-22)19-17(20(24)25)10-13-26-19/h1-2,4-7,15,17,19H,3,8-13H2,(H,24,25)/b2-1+/t17?,19-/m0/s1. The highest BCUT2D eigenvalue weighted by Crippen LogP contribution is 2.33. The Balaban J connectivity index is 1.46. The van der Waals surface area contributed by atoms with Crippen molar-refractivity contribution in [1.29, 1.82) is 0 Å². The molecule has 1 aromatic carbocycles. The molecular weight excluding hydrogens is 337 g/mol. The molecule has 3 rings (SSSR count). The molecule has 1 N–H and O–H groups in total. The number of carboxylic acid groups (broad SMARTS) is 1. The van der Waals surface area contributed by atoms with E-state index < -0.39 is 11.9 Å². The van der Waals surface area contributed by atoms with Gasteiger partial charge in [0.2, 0.25) is 5.91 Å². The van der Waals surface area contributed by atoms with Crippen molar-refractivity contribution in [2.45, 2.75) is 31.8 Å². The summed E-state index contributed by atoms with van der Waals surface area (Å²) >= 11 is 0. The Labute approximate surface area is 152 Å². The predicted octanol–water partition coefficient (Wildman–Crippen LogP) is 2.96. The summed E-state index contributed by atoms with van der Waals surface area (Å²) in [6, 6.07) is 6.12. The lowest BCUT2D eigenvalue weighted by Crippen LogP contribution is -2.43. The zero-order valence-corrected chi connectivity index (χ0v) is 14.6. The van der Waals surface area contributed by atoms with Crippen LogP contribution in [0.3, 0.4) is 0 Å². The van der Waals surface area contributed by atoms with E-state index >= 15 is 0 Å². The van der Waals surface area contributed by atoms with Gasteiger partial charge in [0.25, 0.3) is 0 Å².